The van der Waals surface area contributed by atoms with Crippen molar-refractivity contribution in [3.05, 3.63) is 72.8 Å². The topological polar surface area (TPSA) is 72.0 Å². The van der Waals surface area contributed by atoms with Crippen molar-refractivity contribution in [2.75, 3.05) is 5.73 Å². The summed E-state index contributed by atoms with van der Waals surface area (Å²) in [7, 11) is 0. The second-order valence-corrected chi connectivity index (χ2v) is 8.50. The van der Waals surface area contributed by atoms with E-state index in [0.29, 0.717) is 11.7 Å². The van der Waals surface area contributed by atoms with Crippen LogP contribution in [0.3, 0.4) is 0 Å². The van der Waals surface area contributed by atoms with Gasteiger partial charge in [0.05, 0.1) is 11.2 Å². The fraction of sp³-hybridized carbons (Fsp3) is 0.231. The van der Waals surface area contributed by atoms with Crippen LogP contribution in [0, 0.1) is 0 Å². The van der Waals surface area contributed by atoms with Crippen LogP contribution in [-0.4, -0.2) is 19.4 Å². The van der Waals surface area contributed by atoms with Crippen LogP contribution in [0.1, 0.15) is 43.8 Å². The Morgan fingerprint density at radius 3 is 2.65 bits per heavy atom. The van der Waals surface area contributed by atoms with Crippen molar-refractivity contribution in [3.63, 3.8) is 0 Å². The lowest BCUT2D eigenvalue weighted by molar-refractivity contribution is 0.428. The van der Waals surface area contributed by atoms with Gasteiger partial charge in [0.1, 0.15) is 22.9 Å². The Bertz CT molecular complexity index is 1370. The summed E-state index contributed by atoms with van der Waals surface area (Å²) in [6.07, 6.45) is 10.0. The zero-order valence-corrected chi connectivity index (χ0v) is 17.4. The number of nitrogens with two attached hydrogens (primary N) is 1. The van der Waals surface area contributed by atoms with Gasteiger partial charge in [-0.1, -0.05) is 67.8 Å². The van der Waals surface area contributed by atoms with Crippen LogP contribution in [-0.2, 0) is 0 Å². The molecule has 31 heavy (non-hydrogen) atoms. The van der Waals surface area contributed by atoms with Crippen molar-refractivity contribution in [1.29, 1.82) is 0 Å². The number of nitrogens with one attached hydrogen (secondary N) is 1. The Hall–Kier alpha value is -3.60. The molecule has 0 amide bonds. The van der Waals surface area contributed by atoms with Crippen LogP contribution in [0.5, 0.6) is 0 Å². The summed E-state index contributed by atoms with van der Waals surface area (Å²) in [6.45, 7) is 0. The van der Waals surface area contributed by atoms with Crippen molar-refractivity contribution >= 4 is 22.2 Å². The van der Waals surface area contributed by atoms with Crippen molar-refractivity contribution in [1.82, 2.24) is 19.4 Å². The maximum Gasteiger partial charge on any atom is 0.150 e. The average Bonchev–Trinajstić information content (AvgIpc) is 3.42. The number of hydrogen-bond donors (Lipinski definition) is 2. The van der Waals surface area contributed by atoms with E-state index in [0.717, 1.165) is 28.2 Å². The number of anilines is 1. The van der Waals surface area contributed by atoms with Gasteiger partial charge in [-0.3, -0.25) is 4.40 Å². The summed E-state index contributed by atoms with van der Waals surface area (Å²) in [5, 5.41) is 1.17. The first-order chi connectivity index (χ1) is 15.3. The molecule has 0 spiro atoms. The third kappa shape index (κ3) is 3.00. The fourth-order valence-corrected chi connectivity index (χ4v) is 5.07. The standard InChI is InChI=1S/C26H25N5/c27-25-24-23(30-26(31(24)15-14-28-25)18-10-5-2-6-11-18)21-16-19-12-7-13-20(22(19)29-21)17-8-3-1-4-9-17/h1,3-4,7-9,12-16,18,29H,2,5-6,10-11H2,(H2,27,28). The van der Waals surface area contributed by atoms with Gasteiger partial charge in [-0.25, -0.2) is 9.97 Å². The Morgan fingerprint density at radius 1 is 0.968 bits per heavy atom. The average molecular weight is 408 g/mol. The minimum atomic E-state index is 0.473. The van der Waals surface area contributed by atoms with E-state index in [-0.39, 0.29) is 0 Å². The summed E-state index contributed by atoms with van der Waals surface area (Å²) in [5.41, 5.74) is 12.6. The lowest BCUT2D eigenvalue weighted by Gasteiger charge is -2.20. The second-order valence-electron chi connectivity index (χ2n) is 8.50. The van der Waals surface area contributed by atoms with Crippen LogP contribution in [0.4, 0.5) is 5.82 Å². The number of aromatic nitrogens is 4. The van der Waals surface area contributed by atoms with Crippen LogP contribution >= 0.6 is 0 Å². The Morgan fingerprint density at radius 2 is 1.81 bits per heavy atom. The molecule has 5 nitrogen and oxygen atoms in total. The third-order valence-electron chi connectivity index (χ3n) is 6.58. The van der Waals surface area contributed by atoms with Gasteiger partial charge < -0.3 is 10.7 Å². The molecular weight excluding hydrogens is 382 g/mol. The van der Waals surface area contributed by atoms with E-state index >= 15 is 0 Å². The lowest BCUT2D eigenvalue weighted by Crippen LogP contribution is -2.09. The van der Waals surface area contributed by atoms with Gasteiger partial charge in [-0.05, 0) is 24.5 Å². The van der Waals surface area contributed by atoms with E-state index < -0.39 is 0 Å². The largest absolute Gasteiger partial charge is 0.382 e. The first-order valence-electron chi connectivity index (χ1n) is 11.1. The van der Waals surface area contributed by atoms with E-state index in [9.17, 15) is 0 Å². The van der Waals surface area contributed by atoms with Gasteiger partial charge in [0, 0.05) is 29.3 Å². The number of benzene rings is 2. The molecular formula is C26H25N5. The second kappa shape index (κ2) is 7.27. The normalized spacial score (nSPS) is 15.1. The number of fused-ring (bicyclic) bond motifs is 2. The molecule has 1 aliphatic rings. The third-order valence-corrected chi connectivity index (χ3v) is 6.58. The molecule has 1 saturated carbocycles. The maximum atomic E-state index is 6.37. The maximum absolute atomic E-state index is 6.37. The van der Waals surface area contributed by atoms with Crippen LogP contribution in [0.2, 0.25) is 0 Å². The monoisotopic (exact) mass is 407 g/mol. The number of imidazole rings is 1. The van der Waals surface area contributed by atoms with Gasteiger partial charge in [0.2, 0.25) is 0 Å². The highest BCUT2D eigenvalue weighted by Gasteiger charge is 2.24. The summed E-state index contributed by atoms with van der Waals surface area (Å²) >= 11 is 0. The molecule has 3 aromatic heterocycles. The first kappa shape index (κ1) is 18.2. The quantitative estimate of drug-likeness (QED) is 0.375. The van der Waals surface area contributed by atoms with E-state index in [1.807, 2.05) is 12.3 Å². The molecule has 0 bridgehead atoms. The minimum absolute atomic E-state index is 0.473. The van der Waals surface area contributed by atoms with Gasteiger partial charge in [-0.15, -0.1) is 0 Å². The number of nitrogens with zero attached hydrogens (tertiary/aromatic N) is 3. The number of H-pyrrole nitrogens is 1. The van der Waals surface area contributed by atoms with Crippen molar-refractivity contribution in [2.45, 2.75) is 38.0 Å². The molecule has 0 aliphatic heterocycles. The number of nitrogen functional groups attached to an aromatic ring is 1. The predicted octanol–water partition coefficient (Wildman–Crippen LogP) is 6.17. The highest BCUT2D eigenvalue weighted by atomic mass is 15.1. The molecule has 3 heterocycles. The summed E-state index contributed by atoms with van der Waals surface area (Å²) in [4.78, 5) is 13.2. The highest BCUT2D eigenvalue weighted by molar-refractivity contribution is 5.98. The molecule has 5 aromatic rings. The van der Waals surface area contributed by atoms with Gasteiger partial charge in [0.15, 0.2) is 0 Å². The number of rotatable bonds is 3. The molecule has 0 unspecified atom stereocenters. The zero-order valence-electron chi connectivity index (χ0n) is 17.4. The number of para-hydroxylation sites is 1. The molecule has 6 rings (SSSR count). The van der Waals surface area contributed by atoms with Crippen LogP contribution < -0.4 is 5.73 Å². The zero-order chi connectivity index (χ0) is 20.8. The molecule has 2 aromatic carbocycles. The molecule has 5 heteroatoms. The molecule has 3 N–H and O–H groups in total. The molecule has 0 saturated heterocycles. The van der Waals surface area contributed by atoms with E-state index in [2.05, 4.69) is 62.9 Å². The molecule has 1 fully saturated rings. The molecule has 0 atom stereocenters. The Labute approximate surface area is 181 Å². The van der Waals surface area contributed by atoms with E-state index in [1.165, 1.54) is 48.6 Å². The van der Waals surface area contributed by atoms with Gasteiger partial charge in [-0.2, -0.15) is 0 Å². The molecule has 0 radical (unpaired) electrons. The molecule has 154 valence electrons. The van der Waals surface area contributed by atoms with Gasteiger partial charge in [0.25, 0.3) is 0 Å². The van der Waals surface area contributed by atoms with Crippen molar-refractivity contribution < 1.29 is 0 Å². The van der Waals surface area contributed by atoms with Crippen molar-refractivity contribution in [2.24, 2.45) is 0 Å². The summed E-state index contributed by atoms with van der Waals surface area (Å²) in [5.74, 6) is 2.11. The summed E-state index contributed by atoms with van der Waals surface area (Å²) < 4.78 is 2.16. The predicted molar refractivity (Wildman–Crippen MR) is 126 cm³/mol. The molecule has 1 aliphatic carbocycles. The Kier molecular flexibility index (Phi) is 4.27. The lowest BCUT2D eigenvalue weighted by atomic mass is 9.89. The number of aromatic amines is 1. The number of hydrogen-bond acceptors (Lipinski definition) is 3. The smallest absolute Gasteiger partial charge is 0.150 e. The van der Waals surface area contributed by atoms with E-state index in [4.69, 9.17) is 10.7 Å². The fourth-order valence-electron chi connectivity index (χ4n) is 5.07. The van der Waals surface area contributed by atoms with Gasteiger partial charge >= 0.3 is 0 Å². The van der Waals surface area contributed by atoms with Crippen molar-refractivity contribution in [3.8, 4) is 22.5 Å². The van der Waals surface area contributed by atoms with E-state index in [1.54, 1.807) is 6.20 Å². The summed E-state index contributed by atoms with van der Waals surface area (Å²) in [6, 6.07) is 19.1. The SMILES string of the molecule is Nc1nccn2c(C3CCCCC3)nc(-c3cc4cccc(-c5ccccc5)c4[nH]3)c12. The van der Waals surface area contributed by atoms with Crippen LogP contribution in [0.25, 0.3) is 38.9 Å². The minimum Gasteiger partial charge on any atom is -0.382 e. The highest BCUT2D eigenvalue weighted by Crippen LogP contribution is 2.38. The van der Waals surface area contributed by atoms with Crippen LogP contribution in [0.15, 0.2) is 67.0 Å². The first-order valence-corrected chi connectivity index (χ1v) is 11.1. The Balaban J connectivity index is 1.56.